The summed E-state index contributed by atoms with van der Waals surface area (Å²) in [5.41, 5.74) is 1.15. The Morgan fingerprint density at radius 2 is 2.07 bits per heavy atom. The van der Waals surface area contributed by atoms with E-state index < -0.39 is 7.12 Å². The lowest BCUT2D eigenvalue weighted by Crippen LogP contribution is -2.26. The molecule has 0 atom stereocenters. The molecule has 2 N–H and O–H groups in total. The van der Waals surface area contributed by atoms with Crippen molar-refractivity contribution in [1.82, 2.24) is 0 Å². The highest BCUT2D eigenvalue weighted by atomic mass is 79.9. The highest BCUT2D eigenvalue weighted by Gasteiger charge is 2.15. The summed E-state index contributed by atoms with van der Waals surface area (Å²) in [6.45, 7) is 2.01. The number of thiophene rings is 1. The van der Waals surface area contributed by atoms with E-state index >= 15 is 0 Å². The van der Waals surface area contributed by atoms with Gasteiger partial charge in [0.2, 0.25) is 0 Å². The van der Waals surface area contributed by atoms with Crippen LogP contribution in [0.3, 0.4) is 0 Å². The number of hydrogen-bond donors (Lipinski definition) is 2. The topological polar surface area (TPSA) is 40.5 Å². The number of aryl methyl sites for hydroxylation is 1. The minimum absolute atomic E-state index is 0.575. The van der Waals surface area contributed by atoms with Crippen molar-refractivity contribution >= 4 is 49.2 Å². The van der Waals surface area contributed by atoms with Gasteiger partial charge in [-0.1, -0.05) is 6.07 Å². The monoisotopic (exact) mass is 270 g/mol. The number of rotatable bonds is 1. The maximum atomic E-state index is 9.04. The second-order valence-corrected chi connectivity index (χ2v) is 5.04. The fraction of sp³-hybridized carbons (Fsp3) is 0.111. The van der Waals surface area contributed by atoms with Crippen LogP contribution >= 0.6 is 27.3 Å². The summed E-state index contributed by atoms with van der Waals surface area (Å²) in [5, 5.41) is 19.1. The van der Waals surface area contributed by atoms with E-state index in [9.17, 15) is 0 Å². The summed E-state index contributed by atoms with van der Waals surface area (Å²) < 4.78 is 2.66. The van der Waals surface area contributed by atoms with Crippen LogP contribution in [-0.4, -0.2) is 17.2 Å². The lowest BCUT2D eigenvalue weighted by Gasteiger charge is -1.97. The van der Waals surface area contributed by atoms with Gasteiger partial charge in [-0.15, -0.1) is 11.3 Å². The molecule has 2 rings (SSSR count). The second-order valence-electron chi connectivity index (χ2n) is 3.13. The highest BCUT2D eigenvalue weighted by Crippen LogP contribution is 2.29. The third-order valence-electron chi connectivity index (χ3n) is 2.10. The van der Waals surface area contributed by atoms with Gasteiger partial charge in [0.15, 0.2) is 0 Å². The van der Waals surface area contributed by atoms with E-state index in [1.807, 2.05) is 25.1 Å². The Labute approximate surface area is 94.5 Å². The van der Waals surface area contributed by atoms with Crippen LogP contribution in [0, 0.1) is 6.92 Å². The van der Waals surface area contributed by atoms with Crippen LogP contribution in [0.4, 0.5) is 0 Å². The van der Waals surface area contributed by atoms with Gasteiger partial charge in [0.1, 0.15) is 0 Å². The highest BCUT2D eigenvalue weighted by molar-refractivity contribution is 9.10. The van der Waals surface area contributed by atoms with Gasteiger partial charge < -0.3 is 10.0 Å². The van der Waals surface area contributed by atoms with Crippen molar-refractivity contribution in [2.24, 2.45) is 0 Å². The Balaban J connectivity index is 2.71. The van der Waals surface area contributed by atoms with E-state index in [1.54, 1.807) is 0 Å². The first kappa shape index (κ1) is 10.2. The lowest BCUT2D eigenvalue weighted by molar-refractivity contribution is 0.427. The molecule has 0 radical (unpaired) electrons. The molecule has 0 aliphatic rings. The molecule has 2 nitrogen and oxygen atoms in total. The molecular formula is C9H8BBrO2S. The molecule has 0 bridgehead atoms. The predicted molar refractivity (Wildman–Crippen MR) is 64.1 cm³/mol. The molecule has 0 amide bonds. The van der Waals surface area contributed by atoms with Crippen LogP contribution in [0.1, 0.15) is 5.56 Å². The Morgan fingerprint density at radius 3 is 2.71 bits per heavy atom. The molecule has 72 valence electrons. The van der Waals surface area contributed by atoms with Crippen LogP contribution in [-0.2, 0) is 0 Å². The fourth-order valence-corrected chi connectivity index (χ4v) is 2.87. The summed E-state index contributed by atoms with van der Waals surface area (Å²) in [6.07, 6.45) is 0. The van der Waals surface area contributed by atoms with Crippen LogP contribution < -0.4 is 4.78 Å². The van der Waals surface area contributed by atoms with Gasteiger partial charge >= 0.3 is 7.12 Å². The predicted octanol–water partition coefficient (Wildman–Crippen LogP) is 1.65. The minimum atomic E-state index is -1.38. The largest absolute Gasteiger partial charge is 0.499 e. The SMILES string of the molecule is Cc1ccc2sc(B(O)O)cc2c1Br. The van der Waals surface area contributed by atoms with Crippen molar-refractivity contribution < 1.29 is 10.0 Å². The fourth-order valence-electron chi connectivity index (χ4n) is 1.33. The number of benzene rings is 1. The van der Waals surface area contributed by atoms with Crippen molar-refractivity contribution in [3.05, 3.63) is 28.2 Å². The van der Waals surface area contributed by atoms with Gasteiger partial charge in [-0.2, -0.15) is 0 Å². The van der Waals surface area contributed by atoms with E-state index in [2.05, 4.69) is 15.9 Å². The van der Waals surface area contributed by atoms with E-state index in [4.69, 9.17) is 10.0 Å². The van der Waals surface area contributed by atoms with E-state index in [-0.39, 0.29) is 0 Å². The molecule has 5 heteroatoms. The first-order valence-corrected chi connectivity index (χ1v) is 5.75. The summed E-state index contributed by atoms with van der Waals surface area (Å²) >= 11 is 4.88. The van der Waals surface area contributed by atoms with Crippen molar-refractivity contribution in [2.45, 2.75) is 6.92 Å². The summed E-state index contributed by atoms with van der Waals surface area (Å²) in [6, 6.07) is 5.81. The van der Waals surface area contributed by atoms with Gasteiger partial charge in [0, 0.05) is 19.3 Å². The average molecular weight is 271 g/mol. The van der Waals surface area contributed by atoms with Crippen molar-refractivity contribution in [2.75, 3.05) is 0 Å². The normalized spacial score (nSPS) is 10.9. The van der Waals surface area contributed by atoms with Crippen molar-refractivity contribution in [3.8, 4) is 0 Å². The van der Waals surface area contributed by atoms with Gasteiger partial charge in [0.25, 0.3) is 0 Å². The Kier molecular flexibility index (Phi) is 2.66. The molecule has 1 aromatic carbocycles. The van der Waals surface area contributed by atoms with Gasteiger partial charge in [0.05, 0.1) is 0 Å². The Bertz CT molecular complexity index is 481. The minimum Gasteiger partial charge on any atom is -0.423 e. The number of fused-ring (bicyclic) bond motifs is 1. The Morgan fingerprint density at radius 1 is 1.36 bits per heavy atom. The maximum Gasteiger partial charge on any atom is 0.499 e. The van der Waals surface area contributed by atoms with Crippen LogP contribution in [0.5, 0.6) is 0 Å². The van der Waals surface area contributed by atoms with Gasteiger partial charge in [-0.05, 0) is 40.5 Å². The number of halogens is 1. The molecule has 0 saturated carbocycles. The average Bonchev–Trinajstić information content (AvgIpc) is 2.56. The third kappa shape index (κ3) is 1.61. The molecule has 0 aliphatic carbocycles. The van der Waals surface area contributed by atoms with Crippen LogP contribution in [0.15, 0.2) is 22.7 Å². The molecule has 2 aromatic rings. The maximum absolute atomic E-state index is 9.04. The molecule has 1 heterocycles. The smallest absolute Gasteiger partial charge is 0.423 e. The number of hydrogen-bond acceptors (Lipinski definition) is 3. The molecule has 1 aromatic heterocycles. The summed E-state index contributed by atoms with van der Waals surface area (Å²) in [7, 11) is -1.38. The van der Waals surface area contributed by atoms with Crippen molar-refractivity contribution in [1.29, 1.82) is 0 Å². The quantitative estimate of drug-likeness (QED) is 0.774. The Hall–Kier alpha value is -0.355. The zero-order valence-corrected chi connectivity index (χ0v) is 9.89. The molecule has 0 saturated heterocycles. The first-order chi connectivity index (χ1) is 6.59. The van der Waals surface area contributed by atoms with E-state index in [0.29, 0.717) is 4.78 Å². The zero-order chi connectivity index (χ0) is 10.3. The molecule has 0 unspecified atom stereocenters. The van der Waals surface area contributed by atoms with Gasteiger partial charge in [-0.25, -0.2) is 0 Å². The summed E-state index contributed by atoms with van der Waals surface area (Å²) in [4.78, 5) is 0. The van der Waals surface area contributed by atoms with Crippen LogP contribution in [0.25, 0.3) is 10.1 Å². The van der Waals surface area contributed by atoms with Crippen molar-refractivity contribution in [3.63, 3.8) is 0 Å². The van der Waals surface area contributed by atoms with Crippen LogP contribution in [0.2, 0.25) is 0 Å². The lowest BCUT2D eigenvalue weighted by atomic mass is 9.89. The summed E-state index contributed by atoms with van der Waals surface area (Å²) in [5.74, 6) is 0. The first-order valence-electron chi connectivity index (χ1n) is 4.14. The van der Waals surface area contributed by atoms with Gasteiger partial charge in [-0.3, -0.25) is 0 Å². The standard InChI is InChI=1S/C9H8BBrO2S/c1-5-2-3-7-6(9(5)11)4-8(14-7)10(12)13/h2-4,12-13H,1H3. The molecule has 0 spiro atoms. The van der Waals surface area contributed by atoms with E-state index in [1.165, 1.54) is 11.3 Å². The molecule has 0 aliphatic heterocycles. The van der Waals surface area contributed by atoms with E-state index in [0.717, 1.165) is 20.1 Å². The molecule has 0 fully saturated rings. The second kappa shape index (κ2) is 3.66. The molecule has 14 heavy (non-hydrogen) atoms. The third-order valence-corrected chi connectivity index (χ3v) is 4.29. The molecular weight excluding hydrogens is 263 g/mol. The zero-order valence-electron chi connectivity index (χ0n) is 7.49.